The predicted octanol–water partition coefficient (Wildman–Crippen LogP) is 1.60. The molecule has 0 aliphatic rings. The average molecular weight is 259 g/mol. The summed E-state index contributed by atoms with van der Waals surface area (Å²) in [5.41, 5.74) is 0.523. The molecule has 0 saturated carbocycles. The second kappa shape index (κ2) is 5.91. The Kier molecular flexibility index (Phi) is 4.82. The predicted molar refractivity (Wildman–Crippen MR) is 66.3 cm³/mol. The van der Waals surface area contributed by atoms with Gasteiger partial charge in [0.2, 0.25) is 0 Å². The largest absolute Gasteiger partial charge is 0.480 e. The van der Waals surface area contributed by atoms with E-state index in [1.807, 2.05) is 6.92 Å². The second-order valence-electron chi connectivity index (χ2n) is 3.27. The summed E-state index contributed by atoms with van der Waals surface area (Å²) in [4.78, 5) is 23.5. The summed E-state index contributed by atoms with van der Waals surface area (Å²) < 4.78 is 0. The summed E-state index contributed by atoms with van der Waals surface area (Å²) in [6.45, 7) is 1.90. The number of carbonyl (C=O) groups is 2. The van der Waals surface area contributed by atoms with E-state index >= 15 is 0 Å². The van der Waals surface area contributed by atoms with Crippen molar-refractivity contribution in [3.63, 3.8) is 0 Å². The highest BCUT2D eigenvalue weighted by Gasteiger charge is 2.20. The molecule has 0 radical (unpaired) electrons. The molecule has 1 aromatic rings. The van der Waals surface area contributed by atoms with Crippen LogP contribution in [0.1, 0.15) is 15.2 Å². The van der Waals surface area contributed by atoms with E-state index in [1.165, 1.54) is 23.1 Å². The molecule has 88 valence electrons. The van der Waals surface area contributed by atoms with Crippen LogP contribution in [0.15, 0.2) is 11.4 Å². The van der Waals surface area contributed by atoms with Crippen LogP contribution in [0, 0.1) is 6.92 Å². The van der Waals surface area contributed by atoms with Crippen LogP contribution >= 0.6 is 23.1 Å². The minimum atomic E-state index is -1.00. The highest BCUT2D eigenvalue weighted by Crippen LogP contribution is 2.13. The fourth-order valence-corrected chi connectivity index (χ4v) is 2.39. The van der Waals surface area contributed by atoms with E-state index in [-0.39, 0.29) is 5.91 Å². The summed E-state index contributed by atoms with van der Waals surface area (Å²) in [5, 5.41) is 13.1. The molecule has 0 bridgehead atoms. The lowest BCUT2D eigenvalue weighted by Gasteiger charge is -2.12. The van der Waals surface area contributed by atoms with Gasteiger partial charge in [-0.1, -0.05) is 0 Å². The molecule has 2 N–H and O–H groups in total. The lowest BCUT2D eigenvalue weighted by Crippen LogP contribution is -2.42. The molecule has 0 saturated heterocycles. The van der Waals surface area contributed by atoms with Crippen LogP contribution in [-0.4, -0.2) is 35.0 Å². The summed E-state index contributed by atoms with van der Waals surface area (Å²) in [5.74, 6) is -0.968. The molecule has 0 unspecified atom stereocenters. The molecule has 0 aliphatic heterocycles. The molecular weight excluding hydrogens is 246 g/mol. The van der Waals surface area contributed by atoms with Crippen LogP contribution in [0.4, 0.5) is 0 Å². The van der Waals surface area contributed by atoms with Gasteiger partial charge in [-0.25, -0.2) is 4.79 Å². The topological polar surface area (TPSA) is 66.4 Å². The smallest absolute Gasteiger partial charge is 0.327 e. The van der Waals surface area contributed by atoms with Crippen molar-refractivity contribution in [2.45, 2.75) is 13.0 Å². The lowest BCUT2D eigenvalue weighted by molar-refractivity contribution is -0.138. The van der Waals surface area contributed by atoms with Gasteiger partial charge in [-0.3, -0.25) is 4.79 Å². The van der Waals surface area contributed by atoms with Gasteiger partial charge in [0.05, 0.1) is 5.56 Å². The minimum Gasteiger partial charge on any atom is -0.480 e. The molecule has 16 heavy (non-hydrogen) atoms. The van der Waals surface area contributed by atoms with Gasteiger partial charge in [-0.05, 0) is 19.2 Å². The molecule has 0 spiro atoms. The number of carbonyl (C=O) groups excluding carboxylic acids is 1. The first kappa shape index (κ1) is 13.1. The molecule has 1 heterocycles. The summed E-state index contributed by atoms with van der Waals surface area (Å²) in [6, 6.07) is 0.917. The van der Waals surface area contributed by atoms with Crippen molar-refractivity contribution in [3.8, 4) is 0 Å². The monoisotopic (exact) mass is 259 g/mol. The highest BCUT2D eigenvalue weighted by molar-refractivity contribution is 7.98. The molecule has 1 aromatic heterocycles. The van der Waals surface area contributed by atoms with Crippen LogP contribution < -0.4 is 5.32 Å². The first-order valence-electron chi connectivity index (χ1n) is 4.62. The van der Waals surface area contributed by atoms with Crippen molar-refractivity contribution in [2.24, 2.45) is 0 Å². The third kappa shape index (κ3) is 3.53. The number of carboxylic acids is 1. The zero-order chi connectivity index (χ0) is 12.1. The van der Waals surface area contributed by atoms with E-state index in [4.69, 9.17) is 5.11 Å². The Bertz CT molecular complexity index is 389. The molecule has 4 nitrogen and oxygen atoms in total. The first-order chi connectivity index (χ1) is 7.54. The first-order valence-corrected chi connectivity index (χ1v) is 6.89. The Morgan fingerprint density at radius 2 is 2.31 bits per heavy atom. The van der Waals surface area contributed by atoms with Gasteiger partial charge in [0.15, 0.2) is 0 Å². The maximum absolute atomic E-state index is 11.7. The number of aryl methyl sites for hydroxylation is 1. The van der Waals surface area contributed by atoms with Gasteiger partial charge in [0, 0.05) is 16.0 Å². The molecule has 0 fully saturated rings. The van der Waals surface area contributed by atoms with Crippen LogP contribution in [-0.2, 0) is 4.79 Å². The van der Waals surface area contributed by atoms with Crippen LogP contribution in [0.3, 0.4) is 0 Å². The van der Waals surface area contributed by atoms with Crippen molar-refractivity contribution < 1.29 is 14.7 Å². The third-order valence-electron chi connectivity index (χ3n) is 1.93. The molecule has 0 aliphatic carbocycles. The standard InChI is InChI=1S/C10H13NO3S2/c1-6-3-7(4-16-6)9(12)11-8(5-15-2)10(13)14/h3-4,8H,5H2,1-2H3,(H,11,12)(H,13,14)/t8-/m0/s1. The number of nitrogens with one attached hydrogen (secondary N) is 1. The second-order valence-corrected chi connectivity index (χ2v) is 5.29. The number of carboxylic acid groups (broad SMARTS) is 1. The summed E-state index contributed by atoms with van der Waals surface area (Å²) in [6.07, 6.45) is 1.80. The Morgan fingerprint density at radius 3 is 2.75 bits per heavy atom. The van der Waals surface area contributed by atoms with E-state index in [0.29, 0.717) is 11.3 Å². The molecule has 1 rings (SSSR count). The Balaban J connectivity index is 2.65. The maximum atomic E-state index is 11.7. The van der Waals surface area contributed by atoms with Crippen molar-refractivity contribution in [1.82, 2.24) is 5.32 Å². The van der Waals surface area contributed by atoms with Crippen molar-refractivity contribution >= 4 is 35.0 Å². The van der Waals surface area contributed by atoms with Crippen molar-refractivity contribution in [2.75, 3.05) is 12.0 Å². The van der Waals surface area contributed by atoms with E-state index in [2.05, 4.69) is 5.32 Å². The number of hydrogen-bond acceptors (Lipinski definition) is 4. The summed E-state index contributed by atoms with van der Waals surface area (Å²) in [7, 11) is 0. The summed E-state index contributed by atoms with van der Waals surface area (Å²) >= 11 is 2.86. The average Bonchev–Trinajstić information content (AvgIpc) is 2.64. The van der Waals surface area contributed by atoms with Crippen LogP contribution in [0.2, 0.25) is 0 Å². The van der Waals surface area contributed by atoms with E-state index < -0.39 is 12.0 Å². The number of amides is 1. The quantitative estimate of drug-likeness (QED) is 0.843. The zero-order valence-electron chi connectivity index (χ0n) is 9.02. The Hall–Kier alpha value is -1.01. The van der Waals surface area contributed by atoms with Crippen LogP contribution in [0.25, 0.3) is 0 Å². The number of hydrogen-bond donors (Lipinski definition) is 2. The van der Waals surface area contributed by atoms with E-state index in [1.54, 1.807) is 17.7 Å². The molecule has 0 aromatic carbocycles. The number of rotatable bonds is 5. The Labute approximate surface area is 102 Å². The van der Waals surface area contributed by atoms with Gasteiger partial charge in [0.1, 0.15) is 6.04 Å². The maximum Gasteiger partial charge on any atom is 0.327 e. The van der Waals surface area contributed by atoms with E-state index in [0.717, 1.165) is 4.88 Å². The normalized spacial score (nSPS) is 12.1. The number of aliphatic carboxylic acids is 1. The van der Waals surface area contributed by atoms with Gasteiger partial charge < -0.3 is 10.4 Å². The van der Waals surface area contributed by atoms with E-state index in [9.17, 15) is 9.59 Å². The highest BCUT2D eigenvalue weighted by atomic mass is 32.2. The van der Waals surface area contributed by atoms with Gasteiger partial charge in [-0.2, -0.15) is 11.8 Å². The fraction of sp³-hybridized carbons (Fsp3) is 0.400. The molecular formula is C10H13NO3S2. The third-order valence-corrected chi connectivity index (χ3v) is 3.46. The molecule has 1 amide bonds. The lowest BCUT2D eigenvalue weighted by atomic mass is 10.2. The molecule has 6 heteroatoms. The fourth-order valence-electron chi connectivity index (χ4n) is 1.15. The Morgan fingerprint density at radius 1 is 1.62 bits per heavy atom. The van der Waals surface area contributed by atoms with Crippen molar-refractivity contribution in [3.05, 3.63) is 21.9 Å². The number of thiophene rings is 1. The SMILES string of the molecule is CSC[C@H](NC(=O)c1csc(C)c1)C(=O)O. The van der Waals surface area contributed by atoms with Crippen LogP contribution in [0.5, 0.6) is 0 Å². The van der Waals surface area contributed by atoms with Gasteiger partial charge >= 0.3 is 5.97 Å². The minimum absolute atomic E-state index is 0.328. The molecule has 1 atom stereocenters. The van der Waals surface area contributed by atoms with Crippen molar-refractivity contribution in [1.29, 1.82) is 0 Å². The van der Waals surface area contributed by atoms with Gasteiger partial charge in [0.25, 0.3) is 5.91 Å². The van der Waals surface area contributed by atoms with Gasteiger partial charge in [-0.15, -0.1) is 11.3 Å². The number of thioether (sulfide) groups is 1. The zero-order valence-corrected chi connectivity index (χ0v) is 10.7.